The molecule has 21 heavy (non-hydrogen) atoms. The maximum Gasteiger partial charge on any atom is 0.262 e. The molecule has 7 heteroatoms. The van der Waals surface area contributed by atoms with Crippen LogP contribution in [0, 0.1) is 5.92 Å². The first-order valence-corrected chi connectivity index (χ1v) is 9.44. The highest BCUT2D eigenvalue weighted by molar-refractivity contribution is 8.13. The Morgan fingerprint density at radius 2 is 2.00 bits per heavy atom. The SMILES string of the molecule is CC(C)N(CC1CC1)C(=O)c1ccc(Cl)c(S(=O)(=O)Cl)c1. The molecule has 1 aromatic carbocycles. The molecule has 0 saturated heterocycles. The minimum atomic E-state index is -3.98. The van der Waals surface area contributed by atoms with Crippen LogP contribution in [-0.4, -0.2) is 31.8 Å². The summed E-state index contributed by atoms with van der Waals surface area (Å²) in [5.74, 6) is 0.356. The van der Waals surface area contributed by atoms with Crippen molar-refractivity contribution in [1.29, 1.82) is 0 Å². The number of rotatable bonds is 5. The van der Waals surface area contributed by atoms with E-state index in [9.17, 15) is 13.2 Å². The smallest absolute Gasteiger partial charge is 0.262 e. The summed E-state index contributed by atoms with van der Waals surface area (Å²) in [6.07, 6.45) is 2.27. The van der Waals surface area contributed by atoms with Gasteiger partial charge in [0.15, 0.2) is 0 Å². The fraction of sp³-hybridized carbons (Fsp3) is 0.500. The van der Waals surface area contributed by atoms with Crippen molar-refractivity contribution in [2.24, 2.45) is 5.92 Å². The molecule has 0 spiro atoms. The third-order valence-corrected chi connectivity index (χ3v) is 5.28. The van der Waals surface area contributed by atoms with Gasteiger partial charge in [-0.1, -0.05) is 11.6 Å². The van der Waals surface area contributed by atoms with Crippen LogP contribution in [0.25, 0.3) is 0 Å². The molecule has 1 aliphatic rings. The molecule has 0 aromatic heterocycles. The summed E-state index contributed by atoms with van der Waals surface area (Å²) in [5.41, 5.74) is 0.285. The summed E-state index contributed by atoms with van der Waals surface area (Å²) >= 11 is 5.83. The van der Waals surface area contributed by atoms with Crippen molar-refractivity contribution in [1.82, 2.24) is 4.90 Å². The third kappa shape index (κ3) is 4.11. The van der Waals surface area contributed by atoms with Gasteiger partial charge in [0.1, 0.15) is 4.90 Å². The molecule has 1 aliphatic carbocycles. The van der Waals surface area contributed by atoms with Crippen molar-refractivity contribution in [3.8, 4) is 0 Å². The lowest BCUT2D eigenvalue weighted by Gasteiger charge is -2.27. The monoisotopic (exact) mass is 349 g/mol. The first kappa shape index (κ1) is 16.6. The number of benzene rings is 1. The first-order valence-electron chi connectivity index (χ1n) is 6.75. The van der Waals surface area contributed by atoms with E-state index in [1.54, 1.807) is 4.90 Å². The fourth-order valence-electron chi connectivity index (χ4n) is 2.10. The summed E-state index contributed by atoms with van der Waals surface area (Å²) in [6.45, 7) is 4.58. The number of nitrogens with zero attached hydrogens (tertiary/aromatic N) is 1. The zero-order valence-electron chi connectivity index (χ0n) is 11.8. The molecule has 4 nitrogen and oxygen atoms in total. The molecule has 116 valence electrons. The summed E-state index contributed by atoms with van der Waals surface area (Å²) in [6, 6.07) is 4.21. The standard InChI is InChI=1S/C14H17Cl2NO3S/c1-9(2)17(8-10-3-4-10)14(18)11-5-6-12(15)13(7-11)21(16,19)20/h5-7,9-10H,3-4,8H2,1-2H3. The lowest BCUT2D eigenvalue weighted by molar-refractivity contribution is 0.0696. The predicted molar refractivity (Wildman–Crippen MR) is 83.4 cm³/mol. The molecule has 1 amide bonds. The Kier molecular flexibility index (Phi) is 4.85. The molecule has 1 aromatic rings. The lowest BCUT2D eigenvalue weighted by Crippen LogP contribution is -2.38. The first-order chi connectivity index (χ1) is 9.70. The third-order valence-electron chi connectivity index (χ3n) is 3.48. The van der Waals surface area contributed by atoms with Gasteiger partial charge >= 0.3 is 0 Å². The van der Waals surface area contributed by atoms with E-state index in [0.29, 0.717) is 12.5 Å². The summed E-state index contributed by atoms with van der Waals surface area (Å²) in [4.78, 5) is 14.1. The van der Waals surface area contributed by atoms with Gasteiger partial charge in [-0.25, -0.2) is 8.42 Å². The Balaban J connectivity index is 2.33. The number of amides is 1. The molecule has 0 heterocycles. The van der Waals surface area contributed by atoms with E-state index in [4.69, 9.17) is 22.3 Å². The number of carbonyl (C=O) groups excluding carboxylic acids is 1. The topological polar surface area (TPSA) is 54.5 Å². The van der Waals surface area contributed by atoms with Gasteiger partial charge < -0.3 is 4.90 Å². The quantitative estimate of drug-likeness (QED) is 0.764. The van der Waals surface area contributed by atoms with Gasteiger partial charge in [-0.3, -0.25) is 4.79 Å². The van der Waals surface area contributed by atoms with Crippen LogP contribution in [-0.2, 0) is 9.05 Å². The average Bonchev–Trinajstić information content (AvgIpc) is 3.18. The van der Waals surface area contributed by atoms with Crippen molar-refractivity contribution >= 4 is 37.2 Å². The zero-order chi connectivity index (χ0) is 15.8. The number of halogens is 2. The largest absolute Gasteiger partial charge is 0.336 e. The van der Waals surface area contributed by atoms with Crippen molar-refractivity contribution in [3.05, 3.63) is 28.8 Å². The van der Waals surface area contributed by atoms with E-state index >= 15 is 0 Å². The highest BCUT2D eigenvalue weighted by Gasteiger charge is 2.29. The number of hydrogen-bond donors (Lipinski definition) is 0. The molecule has 2 rings (SSSR count). The van der Waals surface area contributed by atoms with Gasteiger partial charge in [-0.15, -0.1) is 0 Å². The maximum atomic E-state index is 12.6. The molecule has 0 radical (unpaired) electrons. The van der Waals surface area contributed by atoms with Crippen LogP contribution in [0.4, 0.5) is 0 Å². The maximum absolute atomic E-state index is 12.6. The van der Waals surface area contributed by atoms with Crippen molar-refractivity contribution in [2.45, 2.75) is 37.6 Å². The molecule has 0 N–H and O–H groups in total. The molecular weight excluding hydrogens is 333 g/mol. The highest BCUT2D eigenvalue weighted by atomic mass is 35.7. The normalized spacial score (nSPS) is 15.3. The molecule has 0 bridgehead atoms. The van der Waals surface area contributed by atoms with Crippen LogP contribution in [0.2, 0.25) is 5.02 Å². The second kappa shape index (κ2) is 6.15. The molecule has 1 saturated carbocycles. The van der Waals surface area contributed by atoms with Gasteiger partial charge in [-0.05, 0) is 50.8 Å². The van der Waals surface area contributed by atoms with Crippen molar-refractivity contribution < 1.29 is 13.2 Å². The van der Waals surface area contributed by atoms with E-state index in [1.165, 1.54) is 18.2 Å². The van der Waals surface area contributed by atoms with Crippen LogP contribution in [0.3, 0.4) is 0 Å². The Morgan fingerprint density at radius 3 is 2.48 bits per heavy atom. The lowest BCUT2D eigenvalue weighted by atomic mass is 10.1. The van der Waals surface area contributed by atoms with Crippen LogP contribution >= 0.6 is 22.3 Å². The predicted octanol–water partition coefficient (Wildman–Crippen LogP) is 3.53. The zero-order valence-corrected chi connectivity index (χ0v) is 14.2. The molecule has 0 aliphatic heterocycles. The van der Waals surface area contributed by atoms with Crippen LogP contribution in [0.5, 0.6) is 0 Å². The van der Waals surface area contributed by atoms with Crippen LogP contribution < -0.4 is 0 Å². The number of carbonyl (C=O) groups is 1. The molecular formula is C14H17Cl2NO3S. The molecule has 0 unspecified atom stereocenters. The van der Waals surface area contributed by atoms with Crippen LogP contribution in [0.1, 0.15) is 37.0 Å². The minimum absolute atomic E-state index is 0.0137. The van der Waals surface area contributed by atoms with E-state index in [-0.39, 0.29) is 27.4 Å². The summed E-state index contributed by atoms with van der Waals surface area (Å²) in [7, 11) is 1.36. The average molecular weight is 350 g/mol. The van der Waals surface area contributed by atoms with Gasteiger partial charge in [0.25, 0.3) is 15.0 Å². The Hall–Kier alpha value is -0.780. The van der Waals surface area contributed by atoms with Crippen molar-refractivity contribution in [2.75, 3.05) is 6.54 Å². The second-order valence-electron chi connectivity index (χ2n) is 5.58. The van der Waals surface area contributed by atoms with E-state index in [0.717, 1.165) is 12.8 Å². The fourth-order valence-corrected chi connectivity index (χ4v) is 3.59. The molecule has 1 fully saturated rings. The van der Waals surface area contributed by atoms with E-state index in [1.807, 2.05) is 13.8 Å². The number of hydrogen-bond acceptors (Lipinski definition) is 3. The van der Waals surface area contributed by atoms with Gasteiger partial charge in [0, 0.05) is 28.8 Å². The Morgan fingerprint density at radius 1 is 1.38 bits per heavy atom. The second-order valence-corrected chi connectivity index (χ2v) is 8.52. The molecule has 0 atom stereocenters. The summed E-state index contributed by atoms with van der Waals surface area (Å²) in [5, 5.41) is 0.0137. The van der Waals surface area contributed by atoms with Gasteiger partial charge in [0.05, 0.1) is 5.02 Å². The highest BCUT2D eigenvalue weighted by Crippen LogP contribution is 2.31. The summed E-state index contributed by atoms with van der Waals surface area (Å²) < 4.78 is 23.0. The van der Waals surface area contributed by atoms with E-state index < -0.39 is 9.05 Å². The van der Waals surface area contributed by atoms with Crippen LogP contribution in [0.15, 0.2) is 23.1 Å². The Labute approximate surface area is 134 Å². The van der Waals surface area contributed by atoms with E-state index in [2.05, 4.69) is 0 Å². The van der Waals surface area contributed by atoms with Gasteiger partial charge in [0.2, 0.25) is 0 Å². The minimum Gasteiger partial charge on any atom is -0.336 e. The van der Waals surface area contributed by atoms with Crippen molar-refractivity contribution in [3.63, 3.8) is 0 Å². The van der Waals surface area contributed by atoms with Gasteiger partial charge in [-0.2, -0.15) is 0 Å². The Bertz CT molecular complexity index is 654.